The van der Waals surface area contributed by atoms with Crippen LogP contribution in [0.2, 0.25) is 0 Å². The second-order valence-electron chi connectivity index (χ2n) is 3.28. The summed E-state index contributed by atoms with van der Waals surface area (Å²) in [6, 6.07) is 5.84. The normalized spacial score (nSPS) is 12.8. The molecule has 0 saturated carbocycles. The minimum absolute atomic E-state index is 0.0269. The Kier molecular flexibility index (Phi) is 5.07. The lowest BCUT2D eigenvalue weighted by molar-refractivity contribution is 0.579. The number of rotatable bonds is 5. The first-order valence-electron chi connectivity index (χ1n) is 4.82. The molecule has 1 aromatic heterocycles. The molecule has 0 spiro atoms. The lowest BCUT2D eigenvalue weighted by Crippen LogP contribution is -2.12. The van der Waals surface area contributed by atoms with Crippen LogP contribution in [-0.2, 0) is 0 Å². The Morgan fingerprint density at radius 2 is 2.14 bits per heavy atom. The molecule has 0 amide bonds. The van der Waals surface area contributed by atoms with Crippen molar-refractivity contribution in [1.29, 1.82) is 0 Å². The second kappa shape index (κ2) is 6.11. The van der Waals surface area contributed by atoms with Crippen LogP contribution in [0, 0.1) is 0 Å². The van der Waals surface area contributed by atoms with Crippen molar-refractivity contribution in [2.24, 2.45) is 11.5 Å². The average molecular weight is 258 g/mol. The molecule has 0 aliphatic heterocycles. The van der Waals surface area contributed by atoms with Gasteiger partial charge in [-0.2, -0.15) is 0 Å². The van der Waals surface area contributed by atoms with Gasteiger partial charge < -0.3 is 11.5 Å². The molecule has 4 N–H and O–H groups in total. The molecule has 0 fully saturated rings. The van der Waals surface area contributed by atoms with Crippen molar-refractivity contribution in [2.75, 3.05) is 6.54 Å². The second-order valence-corrected chi connectivity index (χ2v) is 4.09. The molecule has 4 heteroatoms. The molecule has 0 bridgehead atoms. The van der Waals surface area contributed by atoms with Gasteiger partial charge in [-0.05, 0) is 47.4 Å². The molecule has 0 aliphatic carbocycles. The largest absolute Gasteiger partial charge is 0.330 e. The third-order valence-corrected chi connectivity index (χ3v) is 2.53. The van der Waals surface area contributed by atoms with Gasteiger partial charge in [0.15, 0.2) is 0 Å². The van der Waals surface area contributed by atoms with Crippen LogP contribution in [-0.4, -0.2) is 11.5 Å². The molecule has 0 aromatic carbocycles. The van der Waals surface area contributed by atoms with Crippen LogP contribution in [0.1, 0.15) is 31.0 Å². The first-order chi connectivity index (χ1) is 6.74. The zero-order chi connectivity index (χ0) is 10.4. The van der Waals surface area contributed by atoms with E-state index in [-0.39, 0.29) is 6.04 Å². The molecule has 1 aromatic rings. The molecule has 0 saturated heterocycles. The van der Waals surface area contributed by atoms with Gasteiger partial charge in [-0.25, -0.2) is 4.98 Å². The van der Waals surface area contributed by atoms with E-state index in [9.17, 15) is 0 Å². The average Bonchev–Trinajstić information content (AvgIpc) is 2.18. The summed E-state index contributed by atoms with van der Waals surface area (Å²) in [5.74, 6) is 0. The molecule has 0 aliphatic rings. The number of hydrogen-bond acceptors (Lipinski definition) is 3. The quantitative estimate of drug-likeness (QED) is 0.627. The van der Waals surface area contributed by atoms with E-state index < -0.39 is 0 Å². The van der Waals surface area contributed by atoms with Gasteiger partial charge in [0.2, 0.25) is 0 Å². The molecule has 0 unspecified atom stereocenters. The van der Waals surface area contributed by atoms with E-state index in [0.29, 0.717) is 0 Å². The molecular weight excluding hydrogens is 242 g/mol. The zero-order valence-corrected chi connectivity index (χ0v) is 9.70. The molecular formula is C10H16BrN3. The smallest absolute Gasteiger partial charge is 0.106 e. The molecule has 78 valence electrons. The zero-order valence-electron chi connectivity index (χ0n) is 8.12. The van der Waals surface area contributed by atoms with Crippen molar-refractivity contribution in [3.8, 4) is 0 Å². The maximum Gasteiger partial charge on any atom is 0.106 e. The van der Waals surface area contributed by atoms with Crippen molar-refractivity contribution >= 4 is 15.9 Å². The molecule has 1 heterocycles. The van der Waals surface area contributed by atoms with E-state index in [4.69, 9.17) is 11.5 Å². The van der Waals surface area contributed by atoms with E-state index in [2.05, 4.69) is 20.9 Å². The van der Waals surface area contributed by atoms with Gasteiger partial charge in [-0.15, -0.1) is 0 Å². The Hall–Kier alpha value is -0.450. The van der Waals surface area contributed by atoms with Crippen LogP contribution in [0.3, 0.4) is 0 Å². The standard InChI is InChI=1S/C10H16BrN3/c11-10-6-3-5-9(14-10)8(13)4-1-2-7-12/h3,5-6,8H,1-2,4,7,12-13H2/t8-/m1/s1. The van der Waals surface area contributed by atoms with Gasteiger partial charge in [0.05, 0.1) is 5.69 Å². The minimum Gasteiger partial charge on any atom is -0.330 e. The van der Waals surface area contributed by atoms with E-state index >= 15 is 0 Å². The SMILES string of the molecule is NCCCC[C@@H](N)c1cccc(Br)n1. The number of hydrogen-bond donors (Lipinski definition) is 2. The van der Waals surface area contributed by atoms with Gasteiger partial charge >= 0.3 is 0 Å². The van der Waals surface area contributed by atoms with Crippen molar-refractivity contribution in [2.45, 2.75) is 25.3 Å². The van der Waals surface area contributed by atoms with Crippen molar-refractivity contribution < 1.29 is 0 Å². The first kappa shape index (κ1) is 11.6. The fourth-order valence-electron chi connectivity index (χ4n) is 1.29. The fraction of sp³-hybridized carbons (Fsp3) is 0.500. The van der Waals surface area contributed by atoms with E-state index in [1.165, 1.54) is 0 Å². The van der Waals surface area contributed by atoms with Crippen LogP contribution < -0.4 is 11.5 Å². The van der Waals surface area contributed by atoms with Gasteiger partial charge in [-0.1, -0.05) is 12.5 Å². The lowest BCUT2D eigenvalue weighted by atomic mass is 10.1. The highest BCUT2D eigenvalue weighted by Gasteiger charge is 2.06. The highest BCUT2D eigenvalue weighted by molar-refractivity contribution is 9.10. The summed E-state index contributed by atoms with van der Waals surface area (Å²) in [6.07, 6.45) is 3.04. The summed E-state index contributed by atoms with van der Waals surface area (Å²) in [5, 5.41) is 0. The van der Waals surface area contributed by atoms with Crippen molar-refractivity contribution in [3.05, 3.63) is 28.5 Å². The van der Waals surface area contributed by atoms with Gasteiger partial charge in [0.25, 0.3) is 0 Å². The maximum absolute atomic E-state index is 5.98. The third kappa shape index (κ3) is 3.74. The third-order valence-electron chi connectivity index (χ3n) is 2.09. The summed E-state index contributed by atoms with van der Waals surface area (Å²) >= 11 is 3.33. The van der Waals surface area contributed by atoms with Crippen LogP contribution >= 0.6 is 15.9 Å². The summed E-state index contributed by atoms with van der Waals surface area (Å²) in [4.78, 5) is 4.31. The number of aromatic nitrogens is 1. The molecule has 3 nitrogen and oxygen atoms in total. The van der Waals surface area contributed by atoms with E-state index in [1.807, 2.05) is 18.2 Å². The summed E-state index contributed by atoms with van der Waals surface area (Å²) in [7, 11) is 0. The predicted molar refractivity (Wildman–Crippen MR) is 61.8 cm³/mol. The Balaban J connectivity index is 2.47. The van der Waals surface area contributed by atoms with Crippen LogP contribution in [0.5, 0.6) is 0 Å². The summed E-state index contributed by atoms with van der Waals surface area (Å²) in [5.41, 5.74) is 12.3. The molecule has 14 heavy (non-hydrogen) atoms. The monoisotopic (exact) mass is 257 g/mol. The van der Waals surface area contributed by atoms with Gasteiger partial charge in [-0.3, -0.25) is 0 Å². The number of halogens is 1. The first-order valence-corrected chi connectivity index (χ1v) is 5.61. The minimum atomic E-state index is 0.0269. The highest BCUT2D eigenvalue weighted by Crippen LogP contribution is 2.16. The predicted octanol–water partition coefficient (Wildman–Crippen LogP) is 1.97. The highest BCUT2D eigenvalue weighted by atomic mass is 79.9. The lowest BCUT2D eigenvalue weighted by Gasteiger charge is -2.10. The Bertz CT molecular complexity index is 278. The van der Waals surface area contributed by atoms with E-state index in [0.717, 1.165) is 36.1 Å². The fourth-order valence-corrected chi connectivity index (χ4v) is 1.64. The van der Waals surface area contributed by atoms with E-state index in [1.54, 1.807) is 0 Å². The summed E-state index contributed by atoms with van der Waals surface area (Å²) in [6.45, 7) is 0.735. The van der Waals surface area contributed by atoms with Crippen LogP contribution in [0.15, 0.2) is 22.8 Å². The Morgan fingerprint density at radius 1 is 1.36 bits per heavy atom. The number of unbranched alkanes of at least 4 members (excludes halogenated alkanes) is 1. The topological polar surface area (TPSA) is 64.9 Å². The molecule has 1 atom stereocenters. The van der Waals surface area contributed by atoms with Crippen LogP contribution in [0.4, 0.5) is 0 Å². The molecule has 1 rings (SSSR count). The number of nitrogens with two attached hydrogens (primary N) is 2. The number of pyridine rings is 1. The van der Waals surface area contributed by atoms with Gasteiger partial charge in [0.1, 0.15) is 4.60 Å². The Labute approximate surface area is 93.0 Å². The van der Waals surface area contributed by atoms with Crippen LogP contribution in [0.25, 0.3) is 0 Å². The Morgan fingerprint density at radius 3 is 2.79 bits per heavy atom. The molecule has 0 radical (unpaired) electrons. The maximum atomic E-state index is 5.98. The van der Waals surface area contributed by atoms with Crippen molar-refractivity contribution in [3.63, 3.8) is 0 Å². The van der Waals surface area contributed by atoms with Gasteiger partial charge in [0, 0.05) is 6.04 Å². The van der Waals surface area contributed by atoms with Crippen molar-refractivity contribution in [1.82, 2.24) is 4.98 Å². The summed E-state index contributed by atoms with van der Waals surface area (Å²) < 4.78 is 0.837. The number of nitrogens with zero attached hydrogens (tertiary/aromatic N) is 1.